The van der Waals surface area contributed by atoms with E-state index in [1.165, 1.54) is 0 Å². The molecule has 0 saturated heterocycles. The summed E-state index contributed by atoms with van der Waals surface area (Å²) in [5.74, 6) is 7.22. The molecule has 0 unspecified atom stereocenters. The second kappa shape index (κ2) is 5.35. The third-order valence-electron chi connectivity index (χ3n) is 1.93. The van der Waals surface area contributed by atoms with E-state index in [0.717, 1.165) is 18.0 Å². The smallest absolute Gasteiger partial charge is 0.216 e. The number of guanidine groups is 1. The van der Waals surface area contributed by atoms with Crippen LogP contribution in [0.3, 0.4) is 0 Å². The molecule has 0 amide bonds. The van der Waals surface area contributed by atoms with Crippen molar-refractivity contribution >= 4 is 5.96 Å². The molecular weight excluding hydrogens is 194 g/mol. The van der Waals surface area contributed by atoms with E-state index in [2.05, 4.69) is 20.7 Å². The van der Waals surface area contributed by atoms with Crippen molar-refractivity contribution in [1.82, 2.24) is 15.7 Å². The summed E-state index contributed by atoms with van der Waals surface area (Å²) in [5, 5.41) is 2.97. The highest BCUT2D eigenvalue weighted by Crippen LogP contribution is 2.08. The summed E-state index contributed by atoms with van der Waals surface area (Å²) in [6, 6.07) is 0. The molecule has 0 aliphatic heterocycles. The lowest BCUT2D eigenvalue weighted by molar-refractivity contribution is 0.473. The van der Waals surface area contributed by atoms with Gasteiger partial charge in [0.2, 0.25) is 11.9 Å². The van der Waals surface area contributed by atoms with E-state index in [1.807, 2.05) is 20.8 Å². The summed E-state index contributed by atoms with van der Waals surface area (Å²) in [7, 11) is 0. The summed E-state index contributed by atoms with van der Waals surface area (Å²) in [6.07, 6.45) is 0. The Kier molecular flexibility index (Phi) is 4.11. The Morgan fingerprint density at radius 3 is 2.73 bits per heavy atom. The van der Waals surface area contributed by atoms with E-state index >= 15 is 0 Å². The molecule has 0 spiro atoms. The highest BCUT2D eigenvalue weighted by atomic mass is 16.4. The number of aryl methyl sites for hydroxylation is 2. The number of hydrazine groups is 1. The van der Waals surface area contributed by atoms with Crippen LogP contribution in [-0.2, 0) is 6.54 Å². The second-order valence-electron chi connectivity index (χ2n) is 3.09. The molecule has 1 aromatic rings. The predicted octanol–water partition coefficient (Wildman–Crippen LogP) is 0.220. The number of rotatable bonds is 3. The first kappa shape index (κ1) is 11.5. The highest BCUT2D eigenvalue weighted by Gasteiger charge is 2.04. The molecule has 6 heteroatoms. The molecule has 0 bridgehead atoms. The van der Waals surface area contributed by atoms with Gasteiger partial charge in [0, 0.05) is 6.54 Å². The SMILES string of the molecule is CCNC(=NCc1nc(C)c(C)o1)NN. The zero-order valence-electron chi connectivity index (χ0n) is 9.29. The van der Waals surface area contributed by atoms with Gasteiger partial charge < -0.3 is 9.73 Å². The number of hydrogen-bond acceptors (Lipinski definition) is 4. The molecular formula is C9H17N5O. The first-order valence-electron chi connectivity index (χ1n) is 4.85. The van der Waals surface area contributed by atoms with E-state index in [4.69, 9.17) is 10.3 Å². The lowest BCUT2D eigenvalue weighted by Gasteiger charge is -2.04. The van der Waals surface area contributed by atoms with Crippen LogP contribution in [0, 0.1) is 13.8 Å². The average Bonchev–Trinajstić information content (AvgIpc) is 2.53. The van der Waals surface area contributed by atoms with Gasteiger partial charge in [-0.15, -0.1) is 0 Å². The summed E-state index contributed by atoms with van der Waals surface area (Å²) >= 11 is 0. The molecule has 0 radical (unpaired) electrons. The van der Waals surface area contributed by atoms with Crippen LogP contribution < -0.4 is 16.6 Å². The minimum absolute atomic E-state index is 0.376. The minimum atomic E-state index is 0.376. The van der Waals surface area contributed by atoms with E-state index < -0.39 is 0 Å². The van der Waals surface area contributed by atoms with Crippen molar-refractivity contribution in [3.05, 3.63) is 17.3 Å². The summed E-state index contributed by atoms with van der Waals surface area (Å²) < 4.78 is 5.37. The molecule has 0 aliphatic rings. The Balaban J connectivity index is 2.61. The standard InChI is InChI=1S/C9H17N5O/c1-4-11-9(14-10)12-5-8-13-6(2)7(3)15-8/h4-5,10H2,1-3H3,(H2,11,12,14). The Bertz CT molecular complexity index is 325. The molecule has 6 nitrogen and oxygen atoms in total. The van der Waals surface area contributed by atoms with E-state index in [9.17, 15) is 0 Å². The fraction of sp³-hybridized carbons (Fsp3) is 0.556. The third kappa shape index (κ3) is 3.25. The molecule has 1 rings (SSSR count). The van der Waals surface area contributed by atoms with Crippen LogP contribution in [0.15, 0.2) is 9.41 Å². The molecule has 0 aliphatic carbocycles. The van der Waals surface area contributed by atoms with Crippen LogP contribution in [0.25, 0.3) is 0 Å². The van der Waals surface area contributed by atoms with Gasteiger partial charge in [0.25, 0.3) is 0 Å². The van der Waals surface area contributed by atoms with Crippen LogP contribution in [0.5, 0.6) is 0 Å². The number of nitrogens with two attached hydrogens (primary N) is 1. The van der Waals surface area contributed by atoms with Gasteiger partial charge in [-0.1, -0.05) is 0 Å². The molecule has 4 N–H and O–H groups in total. The molecule has 1 aromatic heterocycles. The number of hydrogen-bond donors (Lipinski definition) is 3. The Morgan fingerprint density at radius 1 is 1.53 bits per heavy atom. The van der Waals surface area contributed by atoms with Crippen molar-refractivity contribution in [2.75, 3.05) is 6.54 Å². The minimum Gasteiger partial charge on any atom is -0.444 e. The Hall–Kier alpha value is -1.56. The van der Waals surface area contributed by atoms with Gasteiger partial charge in [0.05, 0.1) is 5.69 Å². The van der Waals surface area contributed by atoms with Gasteiger partial charge in [0.15, 0.2) is 0 Å². The first-order chi connectivity index (χ1) is 7.17. The van der Waals surface area contributed by atoms with Crippen molar-refractivity contribution in [1.29, 1.82) is 0 Å². The lowest BCUT2D eigenvalue weighted by Crippen LogP contribution is -2.41. The van der Waals surface area contributed by atoms with Gasteiger partial charge in [-0.3, -0.25) is 5.43 Å². The van der Waals surface area contributed by atoms with Crippen molar-refractivity contribution < 1.29 is 4.42 Å². The van der Waals surface area contributed by atoms with Crippen LogP contribution in [-0.4, -0.2) is 17.5 Å². The monoisotopic (exact) mass is 211 g/mol. The highest BCUT2D eigenvalue weighted by molar-refractivity contribution is 5.78. The fourth-order valence-electron chi connectivity index (χ4n) is 1.07. The predicted molar refractivity (Wildman–Crippen MR) is 58.1 cm³/mol. The summed E-state index contributed by atoms with van der Waals surface area (Å²) in [6.45, 7) is 6.88. The maximum Gasteiger partial charge on any atom is 0.216 e. The zero-order chi connectivity index (χ0) is 11.3. The Labute approximate surface area is 88.9 Å². The molecule has 0 aromatic carbocycles. The zero-order valence-corrected chi connectivity index (χ0v) is 9.29. The van der Waals surface area contributed by atoms with Crippen molar-refractivity contribution in [2.24, 2.45) is 10.8 Å². The number of nitrogens with one attached hydrogen (secondary N) is 2. The maximum absolute atomic E-state index is 5.37. The lowest BCUT2D eigenvalue weighted by atomic mass is 10.4. The average molecular weight is 211 g/mol. The largest absolute Gasteiger partial charge is 0.444 e. The number of oxazole rings is 1. The molecule has 1 heterocycles. The number of aliphatic imine (C=N–C) groups is 1. The van der Waals surface area contributed by atoms with Gasteiger partial charge >= 0.3 is 0 Å². The third-order valence-corrected chi connectivity index (χ3v) is 1.93. The molecule has 15 heavy (non-hydrogen) atoms. The van der Waals surface area contributed by atoms with E-state index in [0.29, 0.717) is 18.4 Å². The van der Waals surface area contributed by atoms with Crippen LogP contribution in [0.4, 0.5) is 0 Å². The quantitative estimate of drug-likeness (QED) is 0.288. The maximum atomic E-state index is 5.37. The van der Waals surface area contributed by atoms with Crippen molar-refractivity contribution in [3.63, 3.8) is 0 Å². The topological polar surface area (TPSA) is 88.5 Å². The van der Waals surface area contributed by atoms with Gasteiger partial charge in [-0.05, 0) is 20.8 Å². The van der Waals surface area contributed by atoms with Crippen molar-refractivity contribution in [3.8, 4) is 0 Å². The van der Waals surface area contributed by atoms with Crippen LogP contribution in [0.2, 0.25) is 0 Å². The fourth-order valence-corrected chi connectivity index (χ4v) is 1.07. The van der Waals surface area contributed by atoms with Gasteiger partial charge in [0.1, 0.15) is 12.3 Å². The number of nitrogens with zero attached hydrogens (tertiary/aromatic N) is 2. The number of aromatic nitrogens is 1. The van der Waals surface area contributed by atoms with Crippen LogP contribution >= 0.6 is 0 Å². The second-order valence-corrected chi connectivity index (χ2v) is 3.09. The molecule has 0 atom stereocenters. The molecule has 0 saturated carbocycles. The summed E-state index contributed by atoms with van der Waals surface area (Å²) in [4.78, 5) is 8.38. The summed E-state index contributed by atoms with van der Waals surface area (Å²) in [5.41, 5.74) is 3.36. The molecule has 0 fully saturated rings. The molecule has 84 valence electrons. The first-order valence-corrected chi connectivity index (χ1v) is 4.85. The Morgan fingerprint density at radius 2 is 2.27 bits per heavy atom. The van der Waals surface area contributed by atoms with Gasteiger partial charge in [-0.2, -0.15) is 0 Å². The van der Waals surface area contributed by atoms with Crippen LogP contribution in [0.1, 0.15) is 24.3 Å². The van der Waals surface area contributed by atoms with E-state index in [1.54, 1.807) is 0 Å². The normalized spacial score (nSPS) is 11.6. The van der Waals surface area contributed by atoms with Crippen molar-refractivity contribution in [2.45, 2.75) is 27.3 Å². The van der Waals surface area contributed by atoms with E-state index in [-0.39, 0.29) is 0 Å². The van der Waals surface area contributed by atoms with Gasteiger partial charge in [-0.25, -0.2) is 15.8 Å².